The van der Waals surface area contributed by atoms with Crippen molar-refractivity contribution in [2.75, 3.05) is 13.7 Å². The largest absolute Gasteiger partial charge is 0.380 e. The lowest BCUT2D eigenvalue weighted by Crippen LogP contribution is -2.37. The zero-order valence-corrected chi connectivity index (χ0v) is 9.20. The van der Waals surface area contributed by atoms with Crippen molar-refractivity contribution in [1.29, 1.82) is 5.26 Å². The molecule has 0 aromatic heterocycles. The Balaban J connectivity index is 4.01. The van der Waals surface area contributed by atoms with Gasteiger partial charge in [0, 0.05) is 13.7 Å². The summed E-state index contributed by atoms with van der Waals surface area (Å²) in [6, 6.07) is 1.99. The highest BCUT2D eigenvalue weighted by molar-refractivity contribution is 5.81. The van der Waals surface area contributed by atoms with Gasteiger partial charge in [0.05, 0.1) is 12.2 Å². The minimum atomic E-state index is -0.570. The number of amides is 1. The first kappa shape index (κ1) is 12.9. The number of nitriles is 1. The van der Waals surface area contributed by atoms with E-state index >= 15 is 0 Å². The van der Waals surface area contributed by atoms with Crippen molar-refractivity contribution in [3.8, 4) is 6.07 Å². The van der Waals surface area contributed by atoms with Gasteiger partial charge in [-0.3, -0.25) is 4.79 Å². The van der Waals surface area contributed by atoms with Crippen LogP contribution in [-0.2, 0) is 9.53 Å². The molecule has 80 valence electrons. The SMILES string of the molecule is COC(C)CNC(=O)C(C#N)C(C)C. The van der Waals surface area contributed by atoms with Gasteiger partial charge >= 0.3 is 0 Å². The van der Waals surface area contributed by atoms with Gasteiger partial charge in [-0.05, 0) is 12.8 Å². The van der Waals surface area contributed by atoms with Gasteiger partial charge in [-0.15, -0.1) is 0 Å². The maximum Gasteiger partial charge on any atom is 0.237 e. The molecule has 0 aliphatic carbocycles. The van der Waals surface area contributed by atoms with Crippen LogP contribution in [0.3, 0.4) is 0 Å². The lowest BCUT2D eigenvalue weighted by atomic mass is 9.97. The van der Waals surface area contributed by atoms with Crippen molar-refractivity contribution in [2.45, 2.75) is 26.9 Å². The molecule has 0 spiro atoms. The first-order chi connectivity index (χ1) is 6.52. The van der Waals surface area contributed by atoms with E-state index in [4.69, 9.17) is 10.00 Å². The lowest BCUT2D eigenvalue weighted by Gasteiger charge is -2.15. The van der Waals surface area contributed by atoms with E-state index in [1.54, 1.807) is 7.11 Å². The molecule has 0 radical (unpaired) electrons. The van der Waals surface area contributed by atoms with Gasteiger partial charge < -0.3 is 10.1 Å². The fourth-order valence-corrected chi connectivity index (χ4v) is 0.948. The number of nitrogens with zero attached hydrogens (tertiary/aromatic N) is 1. The standard InChI is InChI=1S/C10H18N2O2/c1-7(2)9(5-11)10(13)12-6-8(3)14-4/h7-9H,6H2,1-4H3,(H,12,13). The maximum absolute atomic E-state index is 11.4. The molecule has 2 unspecified atom stereocenters. The smallest absolute Gasteiger partial charge is 0.237 e. The molecule has 0 saturated heterocycles. The second-order valence-corrected chi connectivity index (χ2v) is 3.64. The van der Waals surface area contributed by atoms with Gasteiger partial charge in [-0.1, -0.05) is 13.8 Å². The summed E-state index contributed by atoms with van der Waals surface area (Å²) >= 11 is 0. The van der Waals surface area contributed by atoms with Crippen LogP contribution in [-0.4, -0.2) is 25.7 Å². The Labute approximate surface area is 85.2 Å². The second kappa shape index (κ2) is 6.39. The molecule has 0 bridgehead atoms. The van der Waals surface area contributed by atoms with Crippen LogP contribution in [0.5, 0.6) is 0 Å². The number of methoxy groups -OCH3 is 1. The molecule has 0 saturated carbocycles. The molecule has 1 amide bonds. The molecule has 0 aliphatic heterocycles. The van der Waals surface area contributed by atoms with Crippen LogP contribution in [0.4, 0.5) is 0 Å². The minimum absolute atomic E-state index is 0.0227. The number of nitrogens with one attached hydrogen (secondary N) is 1. The fraction of sp³-hybridized carbons (Fsp3) is 0.800. The van der Waals surface area contributed by atoms with E-state index in [2.05, 4.69) is 5.32 Å². The summed E-state index contributed by atoms with van der Waals surface area (Å²) < 4.78 is 4.98. The van der Waals surface area contributed by atoms with Crippen LogP contribution in [0.25, 0.3) is 0 Å². The fourth-order valence-electron chi connectivity index (χ4n) is 0.948. The molecule has 4 heteroatoms. The summed E-state index contributed by atoms with van der Waals surface area (Å²) in [5.74, 6) is -0.747. The Kier molecular flexibility index (Phi) is 5.89. The van der Waals surface area contributed by atoms with Crippen LogP contribution in [0.2, 0.25) is 0 Å². The maximum atomic E-state index is 11.4. The second-order valence-electron chi connectivity index (χ2n) is 3.64. The normalized spacial score (nSPS) is 14.6. The first-order valence-corrected chi connectivity index (χ1v) is 4.73. The molecular weight excluding hydrogens is 180 g/mol. The molecule has 0 aliphatic rings. The Morgan fingerprint density at radius 1 is 1.50 bits per heavy atom. The summed E-state index contributed by atoms with van der Waals surface area (Å²) in [6.45, 7) is 6.01. The first-order valence-electron chi connectivity index (χ1n) is 4.73. The van der Waals surface area contributed by atoms with E-state index in [9.17, 15) is 4.79 Å². The molecule has 4 nitrogen and oxygen atoms in total. The predicted molar refractivity (Wildman–Crippen MR) is 53.4 cm³/mol. The number of rotatable bonds is 5. The van der Waals surface area contributed by atoms with Crippen LogP contribution >= 0.6 is 0 Å². The number of hydrogen-bond acceptors (Lipinski definition) is 3. The van der Waals surface area contributed by atoms with Crippen molar-refractivity contribution in [3.05, 3.63) is 0 Å². The van der Waals surface area contributed by atoms with Crippen LogP contribution < -0.4 is 5.32 Å². The molecule has 0 rings (SSSR count). The zero-order valence-electron chi connectivity index (χ0n) is 9.20. The molecule has 0 aromatic carbocycles. The third-order valence-electron chi connectivity index (χ3n) is 2.05. The average Bonchev–Trinajstić information content (AvgIpc) is 2.14. The third-order valence-corrected chi connectivity index (χ3v) is 2.05. The highest BCUT2D eigenvalue weighted by Gasteiger charge is 2.21. The van der Waals surface area contributed by atoms with E-state index in [1.807, 2.05) is 26.8 Å². The Bertz CT molecular complexity index is 221. The third kappa shape index (κ3) is 4.24. The Morgan fingerprint density at radius 2 is 2.07 bits per heavy atom. The van der Waals surface area contributed by atoms with E-state index in [-0.39, 0.29) is 17.9 Å². The van der Waals surface area contributed by atoms with E-state index in [0.717, 1.165) is 0 Å². The monoisotopic (exact) mass is 198 g/mol. The average molecular weight is 198 g/mol. The number of hydrogen-bond donors (Lipinski definition) is 1. The summed E-state index contributed by atoms with van der Waals surface area (Å²) in [5.41, 5.74) is 0. The lowest BCUT2D eigenvalue weighted by molar-refractivity contribution is -0.124. The minimum Gasteiger partial charge on any atom is -0.380 e. The Hall–Kier alpha value is -1.08. The van der Waals surface area contributed by atoms with Crippen molar-refractivity contribution < 1.29 is 9.53 Å². The molecule has 14 heavy (non-hydrogen) atoms. The van der Waals surface area contributed by atoms with Gasteiger partial charge in [-0.25, -0.2) is 0 Å². The summed E-state index contributed by atoms with van der Waals surface area (Å²) in [4.78, 5) is 11.4. The van der Waals surface area contributed by atoms with E-state index in [1.165, 1.54) is 0 Å². The topological polar surface area (TPSA) is 62.1 Å². The van der Waals surface area contributed by atoms with E-state index < -0.39 is 5.92 Å². The van der Waals surface area contributed by atoms with Crippen molar-refractivity contribution in [3.63, 3.8) is 0 Å². The van der Waals surface area contributed by atoms with Crippen molar-refractivity contribution in [2.24, 2.45) is 11.8 Å². The quantitative estimate of drug-likeness (QED) is 0.715. The van der Waals surface area contributed by atoms with Crippen LogP contribution in [0.1, 0.15) is 20.8 Å². The molecule has 0 heterocycles. The summed E-state index contributed by atoms with van der Waals surface area (Å²) in [7, 11) is 1.58. The van der Waals surface area contributed by atoms with Gasteiger partial charge in [-0.2, -0.15) is 5.26 Å². The number of carbonyl (C=O) groups is 1. The number of ether oxygens (including phenoxy) is 1. The molecular formula is C10H18N2O2. The highest BCUT2D eigenvalue weighted by atomic mass is 16.5. The van der Waals surface area contributed by atoms with Gasteiger partial charge in [0.15, 0.2) is 0 Å². The molecule has 0 aromatic rings. The van der Waals surface area contributed by atoms with E-state index in [0.29, 0.717) is 6.54 Å². The van der Waals surface area contributed by atoms with Gasteiger partial charge in [0.2, 0.25) is 5.91 Å². The highest BCUT2D eigenvalue weighted by Crippen LogP contribution is 2.09. The predicted octanol–water partition coefficient (Wildman–Crippen LogP) is 0.933. The molecule has 0 fully saturated rings. The van der Waals surface area contributed by atoms with Gasteiger partial charge in [0.1, 0.15) is 5.92 Å². The van der Waals surface area contributed by atoms with Crippen LogP contribution in [0, 0.1) is 23.2 Å². The summed E-state index contributed by atoms with van der Waals surface area (Å²) in [5, 5.41) is 11.4. The molecule has 1 N–H and O–H groups in total. The zero-order chi connectivity index (χ0) is 11.1. The van der Waals surface area contributed by atoms with Crippen molar-refractivity contribution >= 4 is 5.91 Å². The molecule has 2 atom stereocenters. The van der Waals surface area contributed by atoms with Crippen molar-refractivity contribution in [1.82, 2.24) is 5.32 Å². The number of carbonyl (C=O) groups excluding carboxylic acids is 1. The summed E-state index contributed by atoms with van der Waals surface area (Å²) in [6.07, 6.45) is -0.0227. The van der Waals surface area contributed by atoms with Gasteiger partial charge in [0.25, 0.3) is 0 Å². The Morgan fingerprint density at radius 3 is 2.43 bits per heavy atom. The van der Waals surface area contributed by atoms with Crippen LogP contribution in [0.15, 0.2) is 0 Å².